The average molecular weight is 285 g/mol. The van der Waals surface area contributed by atoms with E-state index < -0.39 is 0 Å². The molecule has 2 aromatic carbocycles. The molecule has 1 N–H and O–H groups in total. The molecule has 0 radical (unpaired) electrons. The number of methoxy groups -OCH3 is 1. The van der Waals surface area contributed by atoms with E-state index in [0.717, 1.165) is 16.9 Å². The van der Waals surface area contributed by atoms with Crippen LogP contribution in [0.1, 0.15) is 11.1 Å². The summed E-state index contributed by atoms with van der Waals surface area (Å²) in [6.07, 6.45) is 0. The minimum Gasteiger partial charge on any atom is -0.497 e. The molecule has 0 aliphatic carbocycles. The molecule has 1 heterocycles. The highest BCUT2D eigenvalue weighted by molar-refractivity contribution is 6.06. The highest BCUT2D eigenvalue weighted by atomic mass is 16.5. The van der Waals surface area contributed by atoms with Crippen molar-refractivity contribution in [1.82, 2.24) is 0 Å². The number of benzene rings is 2. The lowest BCUT2D eigenvalue weighted by Gasteiger charge is -2.08. The van der Waals surface area contributed by atoms with Crippen LogP contribution in [0.15, 0.2) is 47.6 Å². The first-order valence-electron chi connectivity index (χ1n) is 6.54. The topological polar surface area (TPSA) is 60.3 Å². The monoisotopic (exact) mass is 285 g/mol. The molecule has 1 aliphatic rings. The number of oxime groups is 1. The quantitative estimate of drug-likeness (QED) is 0.693. The summed E-state index contributed by atoms with van der Waals surface area (Å²) in [5, 5.41) is 12.1. The number of hydrogen-bond acceptors (Lipinski definition) is 5. The van der Waals surface area contributed by atoms with E-state index in [1.165, 1.54) is 0 Å². The largest absolute Gasteiger partial charge is 0.497 e. The molecule has 0 amide bonds. The van der Waals surface area contributed by atoms with Crippen LogP contribution in [-0.2, 0) is 6.61 Å². The van der Waals surface area contributed by atoms with Crippen molar-refractivity contribution in [3.63, 3.8) is 0 Å². The highest BCUT2D eigenvalue weighted by Gasteiger charge is 2.20. The van der Waals surface area contributed by atoms with E-state index in [9.17, 15) is 0 Å². The first kappa shape index (κ1) is 13.3. The summed E-state index contributed by atoms with van der Waals surface area (Å²) in [5.74, 6) is 2.18. The second-order valence-electron chi connectivity index (χ2n) is 4.63. The number of fused-ring (bicyclic) bond motifs is 1. The van der Waals surface area contributed by atoms with E-state index in [2.05, 4.69) is 5.16 Å². The molecule has 0 unspecified atom stereocenters. The van der Waals surface area contributed by atoms with E-state index in [1.807, 2.05) is 36.4 Å². The summed E-state index contributed by atoms with van der Waals surface area (Å²) < 4.78 is 16.4. The van der Waals surface area contributed by atoms with Crippen LogP contribution < -0.4 is 14.2 Å². The smallest absolute Gasteiger partial charge is 0.134 e. The van der Waals surface area contributed by atoms with Crippen LogP contribution in [0.2, 0.25) is 0 Å². The molecular weight excluding hydrogens is 270 g/mol. The molecule has 108 valence electrons. The number of nitrogens with zero attached hydrogens (tertiary/aromatic N) is 1. The van der Waals surface area contributed by atoms with Crippen molar-refractivity contribution in [2.75, 3.05) is 13.7 Å². The lowest BCUT2D eigenvalue weighted by Crippen LogP contribution is -2.01. The van der Waals surface area contributed by atoms with Gasteiger partial charge in [0.15, 0.2) is 0 Å². The lowest BCUT2D eigenvalue weighted by atomic mass is 10.1. The van der Waals surface area contributed by atoms with Crippen LogP contribution in [0.25, 0.3) is 0 Å². The van der Waals surface area contributed by atoms with Gasteiger partial charge in [0.2, 0.25) is 0 Å². The molecule has 5 heteroatoms. The van der Waals surface area contributed by atoms with Gasteiger partial charge in [0.25, 0.3) is 0 Å². The zero-order chi connectivity index (χ0) is 14.7. The van der Waals surface area contributed by atoms with Crippen LogP contribution in [0.3, 0.4) is 0 Å². The zero-order valence-corrected chi connectivity index (χ0v) is 11.6. The Balaban J connectivity index is 1.71. The fraction of sp³-hybridized carbons (Fsp3) is 0.188. The van der Waals surface area contributed by atoms with Crippen molar-refractivity contribution >= 4 is 5.71 Å². The van der Waals surface area contributed by atoms with E-state index in [4.69, 9.17) is 19.4 Å². The molecule has 0 saturated heterocycles. The van der Waals surface area contributed by atoms with Gasteiger partial charge in [-0.25, -0.2) is 0 Å². The predicted octanol–water partition coefficient (Wildman–Crippen LogP) is 2.84. The molecule has 0 fully saturated rings. The van der Waals surface area contributed by atoms with Crippen LogP contribution in [0.4, 0.5) is 0 Å². The summed E-state index contributed by atoms with van der Waals surface area (Å²) in [6, 6.07) is 13.2. The van der Waals surface area contributed by atoms with Gasteiger partial charge in [0.1, 0.15) is 36.2 Å². The SMILES string of the molecule is COc1cccc(COc2ccc3c(c2)OCC3=NO)c1. The first-order valence-corrected chi connectivity index (χ1v) is 6.54. The molecule has 1 aliphatic heterocycles. The van der Waals surface area contributed by atoms with Crippen LogP contribution in [0, 0.1) is 0 Å². The van der Waals surface area contributed by atoms with Crippen molar-refractivity contribution in [2.24, 2.45) is 5.16 Å². The van der Waals surface area contributed by atoms with E-state index in [0.29, 0.717) is 23.8 Å². The predicted molar refractivity (Wildman–Crippen MR) is 77.6 cm³/mol. The number of ether oxygens (including phenoxy) is 3. The third-order valence-electron chi connectivity index (χ3n) is 3.29. The Hall–Kier alpha value is -2.69. The van der Waals surface area contributed by atoms with Gasteiger partial charge in [0, 0.05) is 11.6 Å². The van der Waals surface area contributed by atoms with Crippen LogP contribution in [-0.4, -0.2) is 24.6 Å². The first-order chi connectivity index (χ1) is 10.3. The summed E-state index contributed by atoms with van der Waals surface area (Å²) in [6.45, 7) is 0.724. The second-order valence-corrected chi connectivity index (χ2v) is 4.63. The maximum Gasteiger partial charge on any atom is 0.134 e. The van der Waals surface area contributed by atoms with Crippen molar-refractivity contribution in [3.8, 4) is 17.2 Å². The average Bonchev–Trinajstić information content (AvgIpc) is 2.95. The van der Waals surface area contributed by atoms with Crippen molar-refractivity contribution in [3.05, 3.63) is 53.6 Å². The van der Waals surface area contributed by atoms with Gasteiger partial charge in [-0.15, -0.1) is 0 Å². The fourth-order valence-corrected chi connectivity index (χ4v) is 2.19. The minimum absolute atomic E-state index is 0.283. The Kier molecular flexibility index (Phi) is 3.64. The van der Waals surface area contributed by atoms with Gasteiger partial charge >= 0.3 is 0 Å². The van der Waals surface area contributed by atoms with Crippen LogP contribution in [0.5, 0.6) is 17.2 Å². The summed E-state index contributed by atoms with van der Waals surface area (Å²) >= 11 is 0. The van der Waals surface area contributed by atoms with Gasteiger partial charge in [-0.1, -0.05) is 17.3 Å². The van der Waals surface area contributed by atoms with E-state index in [1.54, 1.807) is 13.2 Å². The van der Waals surface area contributed by atoms with Crippen molar-refractivity contribution in [1.29, 1.82) is 0 Å². The molecule has 21 heavy (non-hydrogen) atoms. The second kappa shape index (κ2) is 5.75. The molecule has 0 aromatic heterocycles. The molecular formula is C16H15NO4. The third kappa shape index (κ3) is 2.76. The molecule has 5 nitrogen and oxygen atoms in total. The molecule has 0 bridgehead atoms. The Bertz CT molecular complexity index is 682. The van der Waals surface area contributed by atoms with Gasteiger partial charge in [-0.2, -0.15) is 0 Å². The minimum atomic E-state index is 0.283. The third-order valence-corrected chi connectivity index (χ3v) is 3.29. The molecule has 2 aromatic rings. The van der Waals surface area contributed by atoms with Gasteiger partial charge in [-0.3, -0.25) is 0 Å². The highest BCUT2D eigenvalue weighted by Crippen LogP contribution is 2.30. The van der Waals surface area contributed by atoms with E-state index in [-0.39, 0.29) is 6.61 Å². The van der Waals surface area contributed by atoms with Crippen molar-refractivity contribution in [2.45, 2.75) is 6.61 Å². The Morgan fingerprint density at radius 2 is 2.10 bits per heavy atom. The number of hydrogen-bond donors (Lipinski definition) is 1. The lowest BCUT2D eigenvalue weighted by molar-refractivity contribution is 0.302. The Morgan fingerprint density at radius 3 is 2.90 bits per heavy atom. The van der Waals surface area contributed by atoms with Gasteiger partial charge in [-0.05, 0) is 29.8 Å². The maximum absolute atomic E-state index is 8.85. The standard InChI is InChI=1S/C16H15NO4/c1-19-12-4-2-3-11(7-12)9-20-13-5-6-14-15(17-18)10-21-16(14)8-13/h2-8,18H,9-10H2,1H3. The van der Waals surface area contributed by atoms with Gasteiger partial charge in [0.05, 0.1) is 7.11 Å². The Labute approximate surface area is 122 Å². The fourth-order valence-electron chi connectivity index (χ4n) is 2.19. The zero-order valence-electron chi connectivity index (χ0n) is 11.6. The normalized spacial score (nSPS) is 14.6. The number of rotatable bonds is 4. The molecule has 0 spiro atoms. The summed E-state index contributed by atoms with van der Waals surface area (Å²) in [4.78, 5) is 0. The molecule has 3 rings (SSSR count). The Morgan fingerprint density at radius 1 is 1.19 bits per heavy atom. The maximum atomic E-state index is 8.85. The van der Waals surface area contributed by atoms with Gasteiger partial charge < -0.3 is 19.4 Å². The van der Waals surface area contributed by atoms with Crippen LogP contribution >= 0.6 is 0 Å². The summed E-state index contributed by atoms with van der Waals surface area (Å²) in [5.41, 5.74) is 2.35. The van der Waals surface area contributed by atoms with Crippen molar-refractivity contribution < 1.29 is 19.4 Å². The molecule has 0 atom stereocenters. The molecule has 0 saturated carbocycles. The van der Waals surface area contributed by atoms with E-state index >= 15 is 0 Å². The summed E-state index contributed by atoms with van der Waals surface area (Å²) in [7, 11) is 1.64.